The van der Waals surface area contributed by atoms with Gasteiger partial charge in [-0.05, 0) is 30.7 Å². The Kier molecular flexibility index (Phi) is 10.4. The molecular formula is C10H14Cl2S. The average molecular weight is 237 g/mol. The summed E-state index contributed by atoms with van der Waals surface area (Å²) in [4.78, 5) is 0. The first-order chi connectivity index (χ1) is 6.31. The van der Waals surface area contributed by atoms with Crippen molar-refractivity contribution in [1.29, 1.82) is 0 Å². The van der Waals surface area contributed by atoms with Crippen LogP contribution in [0.2, 0.25) is 5.02 Å². The van der Waals surface area contributed by atoms with Crippen molar-refractivity contribution in [3.63, 3.8) is 0 Å². The van der Waals surface area contributed by atoms with E-state index in [2.05, 4.69) is 12.6 Å². The van der Waals surface area contributed by atoms with Crippen LogP contribution >= 0.6 is 35.8 Å². The Morgan fingerprint density at radius 1 is 1.08 bits per heavy atom. The van der Waals surface area contributed by atoms with Crippen LogP contribution in [0.3, 0.4) is 0 Å². The molecule has 74 valence electrons. The van der Waals surface area contributed by atoms with Gasteiger partial charge in [0.2, 0.25) is 0 Å². The van der Waals surface area contributed by atoms with E-state index < -0.39 is 0 Å². The molecule has 0 aromatic heterocycles. The molecule has 0 unspecified atom stereocenters. The van der Waals surface area contributed by atoms with Crippen molar-refractivity contribution >= 4 is 35.8 Å². The van der Waals surface area contributed by atoms with Gasteiger partial charge in [0.25, 0.3) is 0 Å². The molecule has 0 spiro atoms. The van der Waals surface area contributed by atoms with Gasteiger partial charge in [-0.3, -0.25) is 0 Å². The molecule has 1 aromatic carbocycles. The number of rotatable bonds is 3. The van der Waals surface area contributed by atoms with Crippen LogP contribution in [0.4, 0.5) is 0 Å². The van der Waals surface area contributed by atoms with E-state index in [0.29, 0.717) is 0 Å². The lowest BCUT2D eigenvalue weighted by Crippen LogP contribution is -1.74. The summed E-state index contributed by atoms with van der Waals surface area (Å²) in [6.07, 6.45) is 2.25. The maximum absolute atomic E-state index is 5.54. The summed E-state index contributed by atoms with van der Waals surface area (Å²) in [5, 5.41) is 0.794. The van der Waals surface area contributed by atoms with Crippen LogP contribution in [0.15, 0.2) is 30.3 Å². The summed E-state index contributed by atoms with van der Waals surface area (Å²) in [5.74, 6) is 1.74. The second kappa shape index (κ2) is 10.2. The number of hydrogen-bond acceptors (Lipinski definition) is 1. The second-order valence-corrected chi connectivity index (χ2v) is 3.68. The fraction of sp³-hybridized carbons (Fsp3) is 0.400. The highest BCUT2D eigenvalue weighted by Gasteiger charge is 1.77. The topological polar surface area (TPSA) is 0 Å². The number of unbranched alkanes of at least 4 members (excludes halogenated alkanes) is 1. The molecule has 1 aromatic rings. The zero-order valence-electron chi connectivity index (χ0n) is 7.42. The van der Waals surface area contributed by atoms with Crippen molar-refractivity contribution in [2.45, 2.75) is 12.8 Å². The fourth-order valence-corrected chi connectivity index (χ4v) is 1.18. The first-order valence-electron chi connectivity index (χ1n) is 4.18. The summed E-state index contributed by atoms with van der Waals surface area (Å²) in [6, 6.07) is 9.44. The zero-order valence-corrected chi connectivity index (χ0v) is 9.82. The smallest absolute Gasteiger partial charge is 0.0405 e. The summed E-state index contributed by atoms with van der Waals surface area (Å²) in [6.45, 7) is 0. The van der Waals surface area contributed by atoms with Crippen molar-refractivity contribution in [2.24, 2.45) is 0 Å². The summed E-state index contributed by atoms with van der Waals surface area (Å²) < 4.78 is 0. The Morgan fingerprint density at radius 2 is 1.69 bits per heavy atom. The quantitative estimate of drug-likeness (QED) is 0.453. The molecule has 0 aliphatic rings. The van der Waals surface area contributed by atoms with Gasteiger partial charge < -0.3 is 0 Å². The second-order valence-electron chi connectivity index (χ2n) is 2.42. The van der Waals surface area contributed by atoms with E-state index in [1.54, 1.807) is 0 Å². The molecule has 0 amide bonds. The van der Waals surface area contributed by atoms with E-state index >= 15 is 0 Å². The molecule has 0 aliphatic carbocycles. The maximum Gasteiger partial charge on any atom is 0.0405 e. The highest BCUT2D eigenvalue weighted by Crippen LogP contribution is 2.03. The van der Waals surface area contributed by atoms with Crippen LogP contribution in [0.5, 0.6) is 0 Å². The minimum atomic E-state index is 0.778. The van der Waals surface area contributed by atoms with Gasteiger partial charge in [0.1, 0.15) is 0 Å². The third-order valence-corrected chi connectivity index (χ3v) is 2.11. The lowest BCUT2D eigenvalue weighted by Gasteiger charge is -1.84. The highest BCUT2D eigenvalue weighted by molar-refractivity contribution is 7.80. The van der Waals surface area contributed by atoms with Crippen molar-refractivity contribution in [2.75, 3.05) is 11.6 Å². The van der Waals surface area contributed by atoms with Crippen molar-refractivity contribution < 1.29 is 0 Å². The molecule has 13 heavy (non-hydrogen) atoms. The Bertz CT molecular complexity index is 185. The molecule has 3 heteroatoms. The molecule has 0 atom stereocenters. The number of halogens is 2. The predicted molar refractivity (Wildman–Crippen MR) is 65.3 cm³/mol. The van der Waals surface area contributed by atoms with Crippen molar-refractivity contribution in [1.82, 2.24) is 0 Å². The van der Waals surface area contributed by atoms with E-state index in [9.17, 15) is 0 Å². The lowest BCUT2D eigenvalue weighted by molar-refractivity contribution is 0.906. The van der Waals surface area contributed by atoms with Gasteiger partial charge >= 0.3 is 0 Å². The monoisotopic (exact) mass is 236 g/mol. The number of thiol groups is 1. The minimum Gasteiger partial charge on any atom is -0.179 e. The summed E-state index contributed by atoms with van der Waals surface area (Å²) >= 11 is 14.9. The van der Waals surface area contributed by atoms with Crippen molar-refractivity contribution in [3.8, 4) is 0 Å². The van der Waals surface area contributed by atoms with Gasteiger partial charge in [0.15, 0.2) is 0 Å². The van der Waals surface area contributed by atoms with Gasteiger partial charge in [0.05, 0.1) is 0 Å². The van der Waals surface area contributed by atoms with Gasteiger partial charge in [-0.2, -0.15) is 12.6 Å². The van der Waals surface area contributed by atoms with Crippen LogP contribution in [0, 0.1) is 0 Å². The highest BCUT2D eigenvalue weighted by atomic mass is 35.5. The van der Waals surface area contributed by atoms with E-state index in [0.717, 1.165) is 29.5 Å². The minimum absolute atomic E-state index is 0.778. The summed E-state index contributed by atoms with van der Waals surface area (Å²) in [5.41, 5.74) is 0. The molecule has 0 bridgehead atoms. The van der Waals surface area contributed by atoms with Crippen molar-refractivity contribution in [3.05, 3.63) is 35.4 Å². The van der Waals surface area contributed by atoms with E-state index in [-0.39, 0.29) is 0 Å². The van der Waals surface area contributed by atoms with Crippen LogP contribution < -0.4 is 0 Å². The van der Waals surface area contributed by atoms with Crippen LogP contribution in [0.1, 0.15) is 12.8 Å². The number of hydrogen-bond donors (Lipinski definition) is 1. The lowest BCUT2D eigenvalue weighted by atomic mass is 10.4. The van der Waals surface area contributed by atoms with Gasteiger partial charge in [-0.15, -0.1) is 11.6 Å². The van der Waals surface area contributed by atoms with E-state index in [1.807, 2.05) is 30.3 Å². The SMILES string of the molecule is Clc1ccccc1.SCCCCCl. The van der Waals surface area contributed by atoms with E-state index in [1.165, 1.54) is 0 Å². The molecule has 0 saturated carbocycles. The van der Waals surface area contributed by atoms with Crippen LogP contribution in [0.25, 0.3) is 0 Å². The average Bonchev–Trinajstić information content (AvgIpc) is 2.17. The molecule has 0 heterocycles. The fourth-order valence-electron chi connectivity index (χ4n) is 0.621. The zero-order chi connectivity index (χ0) is 9.94. The Balaban J connectivity index is 0.000000226. The third kappa shape index (κ3) is 10.1. The predicted octanol–water partition coefficient (Wildman–Crippen LogP) is 4.28. The molecule has 0 nitrogen and oxygen atoms in total. The molecular weight excluding hydrogens is 223 g/mol. The first kappa shape index (κ1) is 13.2. The normalized spacial score (nSPS) is 8.85. The van der Waals surface area contributed by atoms with Gasteiger partial charge in [-0.25, -0.2) is 0 Å². The third-order valence-electron chi connectivity index (χ3n) is 1.27. The van der Waals surface area contributed by atoms with E-state index in [4.69, 9.17) is 23.2 Å². The Labute approximate surface area is 95.7 Å². The molecule has 1 rings (SSSR count). The molecule has 0 fully saturated rings. The molecule has 0 aliphatic heterocycles. The maximum atomic E-state index is 5.54. The summed E-state index contributed by atoms with van der Waals surface area (Å²) in [7, 11) is 0. The van der Waals surface area contributed by atoms with Crippen LogP contribution in [-0.4, -0.2) is 11.6 Å². The standard InChI is InChI=1S/C6H5Cl.C4H9ClS/c7-6-4-2-1-3-5-6;5-3-1-2-4-6/h1-5H;6H,1-4H2. The van der Waals surface area contributed by atoms with Gasteiger partial charge in [-0.1, -0.05) is 29.8 Å². The Morgan fingerprint density at radius 3 is 1.92 bits per heavy atom. The number of benzene rings is 1. The Hall–Kier alpha value is 0.150. The molecule has 0 N–H and O–H groups in total. The molecule has 0 saturated heterocycles. The molecule has 0 radical (unpaired) electrons. The largest absolute Gasteiger partial charge is 0.179 e. The van der Waals surface area contributed by atoms with Gasteiger partial charge in [0, 0.05) is 10.9 Å². The van der Waals surface area contributed by atoms with Crippen LogP contribution in [-0.2, 0) is 0 Å². The number of alkyl halides is 1. The first-order valence-corrected chi connectivity index (χ1v) is 5.73.